The Hall–Kier alpha value is -3.24. The molecule has 0 bridgehead atoms. The van der Waals surface area contributed by atoms with Crippen molar-refractivity contribution < 1.29 is 5.11 Å². The highest BCUT2D eigenvalue weighted by molar-refractivity contribution is 6.20. The molecule has 0 fully saturated rings. The Labute approximate surface area is 127 Å². The monoisotopic (exact) mass is 294 g/mol. The zero-order chi connectivity index (χ0) is 15.9. The third kappa shape index (κ3) is 3.08. The van der Waals surface area contributed by atoms with Crippen LogP contribution in [0, 0.1) is 16.9 Å². The van der Waals surface area contributed by atoms with Gasteiger partial charge in [0.05, 0.1) is 18.5 Å². The van der Waals surface area contributed by atoms with E-state index in [1.165, 1.54) is 11.1 Å². The van der Waals surface area contributed by atoms with Gasteiger partial charge in [-0.1, -0.05) is 12.1 Å². The van der Waals surface area contributed by atoms with Crippen LogP contribution in [0.15, 0.2) is 47.6 Å². The quantitative estimate of drug-likeness (QED) is 0.448. The Morgan fingerprint density at radius 1 is 1.41 bits per heavy atom. The molecule has 0 aliphatic rings. The molecule has 7 heteroatoms. The van der Waals surface area contributed by atoms with Crippen LogP contribution in [0.3, 0.4) is 0 Å². The number of aromatic nitrogens is 1. The molecule has 22 heavy (non-hydrogen) atoms. The molecule has 1 aromatic carbocycles. The predicted octanol–water partition coefficient (Wildman–Crippen LogP) is 1.50. The zero-order valence-corrected chi connectivity index (χ0v) is 11.6. The molecule has 0 aliphatic heterocycles. The molecule has 2 aromatic rings. The van der Waals surface area contributed by atoms with E-state index < -0.39 is 0 Å². The molecule has 4 N–H and O–H groups in total. The van der Waals surface area contributed by atoms with Gasteiger partial charge in [-0.15, -0.1) is 0 Å². The average molecular weight is 294 g/mol. The van der Waals surface area contributed by atoms with Crippen LogP contribution in [0.1, 0.15) is 11.1 Å². The second-order valence-corrected chi connectivity index (χ2v) is 4.30. The Bertz CT molecular complexity index is 732. The summed E-state index contributed by atoms with van der Waals surface area (Å²) in [7, 11) is 0. The van der Waals surface area contributed by atoms with Crippen LogP contribution in [0.2, 0.25) is 0 Å². The first-order valence-corrected chi connectivity index (χ1v) is 6.38. The summed E-state index contributed by atoms with van der Waals surface area (Å²) < 4.78 is 0. The first-order valence-electron chi connectivity index (χ1n) is 6.38. The van der Waals surface area contributed by atoms with Gasteiger partial charge in [0.15, 0.2) is 5.84 Å². The predicted molar refractivity (Wildman–Crippen MR) is 84.4 cm³/mol. The van der Waals surface area contributed by atoms with Gasteiger partial charge in [-0.05, 0) is 29.8 Å². The van der Waals surface area contributed by atoms with Crippen molar-refractivity contribution in [1.29, 1.82) is 10.7 Å². The third-order valence-electron chi connectivity index (χ3n) is 2.99. The average Bonchev–Trinajstić information content (AvgIpc) is 2.56. The second-order valence-electron chi connectivity index (χ2n) is 4.30. The first-order chi connectivity index (χ1) is 10.7. The minimum absolute atomic E-state index is 0.0699. The lowest BCUT2D eigenvalue weighted by atomic mass is 10.1. The van der Waals surface area contributed by atoms with E-state index in [9.17, 15) is 0 Å². The summed E-state index contributed by atoms with van der Waals surface area (Å²) in [6, 6.07) is 10.2. The van der Waals surface area contributed by atoms with E-state index in [1.807, 2.05) is 0 Å². The molecule has 0 unspecified atom stereocenters. The SMILES string of the molecule is N#CN=C(c1cccnc1N)N(C=N)c1ccc(CO)cc1. The molecule has 0 aliphatic carbocycles. The summed E-state index contributed by atoms with van der Waals surface area (Å²) in [5, 5.41) is 25.6. The lowest BCUT2D eigenvalue weighted by molar-refractivity contribution is 0.282. The van der Waals surface area contributed by atoms with Gasteiger partial charge in [-0.25, -0.2) is 4.98 Å². The highest BCUT2D eigenvalue weighted by atomic mass is 16.3. The number of amidine groups is 1. The zero-order valence-electron chi connectivity index (χ0n) is 11.6. The van der Waals surface area contributed by atoms with Crippen LogP contribution in [0.25, 0.3) is 0 Å². The van der Waals surface area contributed by atoms with Crippen molar-refractivity contribution in [2.75, 3.05) is 10.6 Å². The number of hydrogen-bond donors (Lipinski definition) is 3. The maximum atomic E-state index is 9.08. The Kier molecular flexibility index (Phi) is 4.80. The lowest BCUT2D eigenvalue weighted by Crippen LogP contribution is -2.30. The van der Waals surface area contributed by atoms with E-state index in [0.717, 1.165) is 11.9 Å². The molecule has 7 nitrogen and oxygen atoms in total. The van der Waals surface area contributed by atoms with E-state index in [4.69, 9.17) is 21.5 Å². The van der Waals surface area contributed by atoms with Crippen LogP contribution in [0.5, 0.6) is 0 Å². The van der Waals surface area contributed by atoms with Gasteiger partial charge in [-0.3, -0.25) is 10.3 Å². The number of pyridine rings is 1. The van der Waals surface area contributed by atoms with E-state index in [2.05, 4.69) is 9.98 Å². The van der Waals surface area contributed by atoms with Crippen molar-refractivity contribution in [1.82, 2.24) is 4.98 Å². The molecular weight excluding hydrogens is 280 g/mol. The summed E-state index contributed by atoms with van der Waals surface area (Å²) in [6.07, 6.45) is 4.29. The smallest absolute Gasteiger partial charge is 0.207 e. The number of nitrogen functional groups attached to an aromatic ring is 1. The number of nitriles is 1. The van der Waals surface area contributed by atoms with Crippen molar-refractivity contribution in [3.63, 3.8) is 0 Å². The fourth-order valence-electron chi connectivity index (χ4n) is 1.92. The Balaban J connectivity index is 2.50. The number of nitrogens with one attached hydrogen (secondary N) is 1. The molecular formula is C15H14N6O. The van der Waals surface area contributed by atoms with Gasteiger partial charge in [0.25, 0.3) is 0 Å². The van der Waals surface area contributed by atoms with Crippen LogP contribution in [-0.4, -0.2) is 22.3 Å². The minimum atomic E-state index is -0.0699. The number of hydrogen-bond acceptors (Lipinski definition) is 6. The van der Waals surface area contributed by atoms with Crippen LogP contribution in [0.4, 0.5) is 11.5 Å². The van der Waals surface area contributed by atoms with E-state index in [1.54, 1.807) is 42.6 Å². The Morgan fingerprint density at radius 3 is 2.68 bits per heavy atom. The molecule has 2 rings (SSSR count). The number of nitrogens with zero attached hydrogens (tertiary/aromatic N) is 4. The highest BCUT2D eigenvalue weighted by Crippen LogP contribution is 2.19. The summed E-state index contributed by atoms with van der Waals surface area (Å²) >= 11 is 0. The number of aliphatic imine (C=N–C) groups is 1. The lowest BCUT2D eigenvalue weighted by Gasteiger charge is -2.21. The van der Waals surface area contributed by atoms with Crippen LogP contribution < -0.4 is 10.6 Å². The van der Waals surface area contributed by atoms with E-state index in [0.29, 0.717) is 11.3 Å². The topological polar surface area (TPSA) is 122 Å². The van der Waals surface area contributed by atoms with E-state index in [-0.39, 0.29) is 18.3 Å². The molecule has 0 radical (unpaired) electrons. The molecule has 1 aromatic heterocycles. The van der Waals surface area contributed by atoms with Gasteiger partial charge in [0.2, 0.25) is 6.19 Å². The van der Waals surface area contributed by atoms with E-state index >= 15 is 0 Å². The number of nitrogens with two attached hydrogens (primary N) is 1. The summed E-state index contributed by atoms with van der Waals surface area (Å²) in [4.78, 5) is 9.16. The number of rotatable bonds is 4. The number of aliphatic hydroxyl groups excluding tert-OH is 1. The van der Waals surface area contributed by atoms with Crippen LogP contribution in [-0.2, 0) is 6.61 Å². The first kappa shape index (κ1) is 15.2. The summed E-state index contributed by atoms with van der Waals surface area (Å²) in [6.45, 7) is -0.0699. The van der Waals surface area contributed by atoms with Gasteiger partial charge < -0.3 is 10.8 Å². The normalized spacial score (nSPS) is 10.8. The third-order valence-corrected chi connectivity index (χ3v) is 2.99. The van der Waals surface area contributed by atoms with Gasteiger partial charge in [0.1, 0.15) is 5.82 Å². The molecule has 0 amide bonds. The van der Waals surface area contributed by atoms with Crippen LogP contribution >= 0.6 is 0 Å². The summed E-state index contributed by atoms with van der Waals surface area (Å²) in [5.74, 6) is 0.426. The van der Waals surface area contributed by atoms with Crippen molar-refractivity contribution in [2.45, 2.75) is 6.61 Å². The number of aliphatic hydroxyl groups is 1. The molecule has 0 saturated carbocycles. The van der Waals surface area contributed by atoms with Crippen molar-refractivity contribution in [3.05, 3.63) is 53.7 Å². The number of benzene rings is 1. The summed E-state index contributed by atoms with van der Waals surface area (Å²) in [5.41, 5.74) is 7.65. The maximum absolute atomic E-state index is 9.08. The van der Waals surface area contributed by atoms with Gasteiger partial charge in [-0.2, -0.15) is 10.3 Å². The molecule has 1 heterocycles. The largest absolute Gasteiger partial charge is 0.392 e. The molecule has 110 valence electrons. The van der Waals surface area contributed by atoms with Crippen molar-refractivity contribution >= 4 is 23.7 Å². The Morgan fingerprint density at radius 2 is 2.14 bits per heavy atom. The fourth-order valence-corrected chi connectivity index (χ4v) is 1.92. The van der Waals surface area contributed by atoms with Crippen molar-refractivity contribution in [3.8, 4) is 6.19 Å². The van der Waals surface area contributed by atoms with Gasteiger partial charge >= 0.3 is 0 Å². The second kappa shape index (κ2) is 6.97. The highest BCUT2D eigenvalue weighted by Gasteiger charge is 2.17. The molecule has 0 atom stereocenters. The molecule has 0 saturated heterocycles. The maximum Gasteiger partial charge on any atom is 0.207 e. The number of anilines is 2. The standard InChI is InChI=1S/C15H14N6O/c16-9-20-15(13-2-1-7-19-14(13)18)21(10-17)12-5-3-11(8-22)4-6-12/h1-7,10,17,22H,8H2,(H2,18,19). The fraction of sp³-hybridized carbons (Fsp3) is 0.0667. The minimum Gasteiger partial charge on any atom is -0.392 e. The van der Waals surface area contributed by atoms with Crippen molar-refractivity contribution in [2.24, 2.45) is 4.99 Å². The van der Waals surface area contributed by atoms with Gasteiger partial charge in [0, 0.05) is 11.9 Å². The molecule has 0 spiro atoms.